The molecule has 4 nitrogen and oxygen atoms in total. The Morgan fingerprint density at radius 1 is 0.926 bits per heavy atom. The molecule has 0 aliphatic rings. The summed E-state index contributed by atoms with van der Waals surface area (Å²) in [6.07, 6.45) is 0.382. The summed E-state index contributed by atoms with van der Waals surface area (Å²) < 4.78 is 13.0. The second-order valence-corrected chi connectivity index (χ2v) is 6.99. The van der Waals surface area contributed by atoms with Crippen LogP contribution in [0, 0.1) is 5.82 Å². The number of nitrogens with one attached hydrogen (secondary N) is 2. The average Bonchev–Trinajstić information content (AvgIpc) is 3.22. The predicted octanol–water partition coefficient (Wildman–Crippen LogP) is 3.54. The average molecular weight is 382 g/mol. The molecule has 27 heavy (non-hydrogen) atoms. The molecule has 0 spiro atoms. The number of amides is 2. The zero-order valence-electron chi connectivity index (χ0n) is 14.5. The minimum absolute atomic E-state index is 0.263. The van der Waals surface area contributed by atoms with Gasteiger partial charge in [-0.05, 0) is 34.7 Å². The minimum Gasteiger partial charge on any atom is -0.350 e. The SMILES string of the molecule is O=C(N[C@@H](Cc1ccccc1)C(=O)NCc1ccc(F)cc1)c1cccs1. The Kier molecular flexibility index (Phi) is 6.33. The van der Waals surface area contributed by atoms with Gasteiger partial charge in [-0.15, -0.1) is 11.3 Å². The summed E-state index contributed by atoms with van der Waals surface area (Å²) in [4.78, 5) is 25.7. The Hall–Kier alpha value is -2.99. The van der Waals surface area contributed by atoms with Crippen molar-refractivity contribution >= 4 is 23.2 Å². The lowest BCUT2D eigenvalue weighted by Gasteiger charge is -2.18. The maximum absolute atomic E-state index is 13.0. The predicted molar refractivity (Wildman–Crippen MR) is 104 cm³/mol. The topological polar surface area (TPSA) is 58.2 Å². The summed E-state index contributed by atoms with van der Waals surface area (Å²) in [5.41, 5.74) is 1.73. The summed E-state index contributed by atoms with van der Waals surface area (Å²) in [6, 6.07) is 18.3. The van der Waals surface area contributed by atoms with Gasteiger partial charge in [-0.1, -0.05) is 48.5 Å². The Morgan fingerprint density at radius 3 is 2.33 bits per heavy atom. The highest BCUT2D eigenvalue weighted by Crippen LogP contribution is 2.10. The number of rotatable bonds is 7. The number of thiophene rings is 1. The van der Waals surface area contributed by atoms with Gasteiger partial charge < -0.3 is 10.6 Å². The standard InChI is InChI=1S/C21H19FN2O2S/c22-17-10-8-16(9-11-17)14-23-20(25)18(13-15-5-2-1-3-6-15)24-21(26)19-7-4-12-27-19/h1-12,18H,13-14H2,(H,23,25)(H,24,26)/t18-/m0/s1. The van der Waals surface area contributed by atoms with Gasteiger partial charge in [0.2, 0.25) is 5.91 Å². The van der Waals surface area contributed by atoms with Crippen molar-refractivity contribution < 1.29 is 14.0 Å². The normalized spacial score (nSPS) is 11.6. The van der Waals surface area contributed by atoms with Gasteiger partial charge in [0.25, 0.3) is 5.91 Å². The summed E-state index contributed by atoms with van der Waals surface area (Å²) >= 11 is 1.32. The lowest BCUT2D eigenvalue weighted by molar-refractivity contribution is -0.123. The lowest BCUT2D eigenvalue weighted by atomic mass is 10.0. The van der Waals surface area contributed by atoms with Gasteiger partial charge in [0.05, 0.1) is 4.88 Å². The monoisotopic (exact) mass is 382 g/mol. The van der Waals surface area contributed by atoms with Crippen LogP contribution in [-0.4, -0.2) is 17.9 Å². The fourth-order valence-electron chi connectivity index (χ4n) is 2.61. The van der Waals surface area contributed by atoms with Crippen LogP contribution >= 0.6 is 11.3 Å². The Balaban J connectivity index is 1.68. The van der Waals surface area contributed by atoms with E-state index in [1.807, 2.05) is 35.7 Å². The van der Waals surface area contributed by atoms with E-state index in [1.54, 1.807) is 24.3 Å². The van der Waals surface area contributed by atoms with E-state index in [0.29, 0.717) is 11.3 Å². The van der Waals surface area contributed by atoms with Crippen molar-refractivity contribution in [1.29, 1.82) is 0 Å². The van der Waals surface area contributed by atoms with E-state index >= 15 is 0 Å². The van der Waals surface area contributed by atoms with Gasteiger partial charge in [0.15, 0.2) is 0 Å². The van der Waals surface area contributed by atoms with Crippen molar-refractivity contribution in [3.05, 3.63) is 93.9 Å². The van der Waals surface area contributed by atoms with Gasteiger partial charge in [-0.25, -0.2) is 4.39 Å². The largest absolute Gasteiger partial charge is 0.350 e. The Labute approximate surface area is 161 Å². The smallest absolute Gasteiger partial charge is 0.262 e. The van der Waals surface area contributed by atoms with Crippen LogP contribution in [0.3, 0.4) is 0 Å². The molecule has 0 aliphatic carbocycles. The molecule has 0 radical (unpaired) electrons. The van der Waals surface area contributed by atoms with Crippen molar-refractivity contribution in [3.8, 4) is 0 Å². The summed E-state index contributed by atoms with van der Waals surface area (Å²) in [6.45, 7) is 0.263. The molecule has 2 N–H and O–H groups in total. The van der Waals surface area contributed by atoms with Crippen LogP contribution in [0.1, 0.15) is 20.8 Å². The first kappa shape index (κ1) is 18.8. The van der Waals surface area contributed by atoms with E-state index in [2.05, 4.69) is 10.6 Å². The van der Waals surface area contributed by atoms with Gasteiger partial charge in [-0.2, -0.15) is 0 Å². The molecule has 138 valence electrons. The molecule has 3 aromatic rings. The molecule has 6 heteroatoms. The minimum atomic E-state index is -0.706. The first-order chi connectivity index (χ1) is 13.1. The fraction of sp³-hybridized carbons (Fsp3) is 0.143. The lowest BCUT2D eigenvalue weighted by Crippen LogP contribution is -2.47. The molecule has 0 saturated heterocycles. The van der Waals surface area contributed by atoms with Crippen LogP contribution in [-0.2, 0) is 17.8 Å². The van der Waals surface area contributed by atoms with Crippen molar-refractivity contribution in [2.75, 3.05) is 0 Å². The summed E-state index contributed by atoms with van der Waals surface area (Å²) in [5.74, 6) is -0.883. The van der Waals surface area contributed by atoms with Gasteiger partial charge in [-0.3, -0.25) is 9.59 Å². The van der Waals surface area contributed by atoms with Crippen LogP contribution in [0.4, 0.5) is 4.39 Å². The molecular weight excluding hydrogens is 363 g/mol. The van der Waals surface area contributed by atoms with Crippen LogP contribution < -0.4 is 10.6 Å². The van der Waals surface area contributed by atoms with Crippen LogP contribution in [0.25, 0.3) is 0 Å². The maximum atomic E-state index is 13.0. The highest BCUT2D eigenvalue weighted by Gasteiger charge is 2.22. The highest BCUT2D eigenvalue weighted by molar-refractivity contribution is 7.12. The molecule has 1 heterocycles. The number of carbonyl (C=O) groups is 2. The summed E-state index contributed by atoms with van der Waals surface area (Å²) in [7, 11) is 0. The number of halogens is 1. The van der Waals surface area contributed by atoms with E-state index in [-0.39, 0.29) is 24.2 Å². The molecule has 0 bridgehead atoms. The molecule has 3 rings (SSSR count). The number of hydrogen-bond donors (Lipinski definition) is 2. The second-order valence-electron chi connectivity index (χ2n) is 6.04. The Bertz CT molecular complexity index is 880. The second kappa shape index (κ2) is 9.09. The van der Waals surface area contributed by atoms with E-state index in [9.17, 15) is 14.0 Å². The summed E-state index contributed by atoms with van der Waals surface area (Å²) in [5, 5.41) is 7.44. The molecule has 0 unspecified atom stereocenters. The van der Waals surface area contributed by atoms with Crippen molar-refractivity contribution in [1.82, 2.24) is 10.6 Å². The van der Waals surface area contributed by atoms with E-state index < -0.39 is 6.04 Å². The number of benzene rings is 2. The highest BCUT2D eigenvalue weighted by atomic mass is 32.1. The van der Waals surface area contributed by atoms with E-state index in [4.69, 9.17) is 0 Å². The first-order valence-corrected chi connectivity index (χ1v) is 9.40. The molecule has 0 fully saturated rings. The first-order valence-electron chi connectivity index (χ1n) is 8.52. The third-order valence-electron chi connectivity index (χ3n) is 4.03. The van der Waals surface area contributed by atoms with Crippen LogP contribution in [0.5, 0.6) is 0 Å². The third kappa shape index (κ3) is 5.49. The molecular formula is C21H19FN2O2S. The quantitative estimate of drug-likeness (QED) is 0.657. The molecule has 1 aromatic heterocycles. The maximum Gasteiger partial charge on any atom is 0.262 e. The van der Waals surface area contributed by atoms with Crippen molar-refractivity contribution in [2.24, 2.45) is 0 Å². The van der Waals surface area contributed by atoms with Crippen LogP contribution in [0.15, 0.2) is 72.1 Å². The molecule has 2 aromatic carbocycles. The Morgan fingerprint density at radius 2 is 1.67 bits per heavy atom. The fourth-order valence-corrected chi connectivity index (χ4v) is 3.24. The third-order valence-corrected chi connectivity index (χ3v) is 4.90. The van der Waals surface area contributed by atoms with Crippen molar-refractivity contribution in [3.63, 3.8) is 0 Å². The number of hydrogen-bond acceptors (Lipinski definition) is 3. The van der Waals surface area contributed by atoms with E-state index in [1.165, 1.54) is 23.5 Å². The van der Waals surface area contributed by atoms with Gasteiger partial charge in [0, 0.05) is 13.0 Å². The zero-order chi connectivity index (χ0) is 19.1. The number of carbonyl (C=O) groups excluding carboxylic acids is 2. The molecule has 1 atom stereocenters. The van der Waals surface area contributed by atoms with Gasteiger partial charge >= 0.3 is 0 Å². The van der Waals surface area contributed by atoms with Crippen molar-refractivity contribution in [2.45, 2.75) is 19.0 Å². The molecule has 0 saturated carbocycles. The molecule has 0 aliphatic heterocycles. The zero-order valence-corrected chi connectivity index (χ0v) is 15.3. The van der Waals surface area contributed by atoms with Crippen LogP contribution in [0.2, 0.25) is 0 Å². The molecule has 2 amide bonds. The van der Waals surface area contributed by atoms with E-state index in [0.717, 1.165) is 11.1 Å². The van der Waals surface area contributed by atoms with Gasteiger partial charge in [0.1, 0.15) is 11.9 Å².